The van der Waals surface area contributed by atoms with Crippen molar-refractivity contribution in [2.24, 2.45) is 0 Å². The van der Waals surface area contributed by atoms with Gasteiger partial charge in [0.05, 0.1) is 13.2 Å². The predicted molar refractivity (Wildman–Crippen MR) is 70.0 cm³/mol. The van der Waals surface area contributed by atoms with Crippen molar-refractivity contribution in [2.45, 2.75) is 37.3 Å². The van der Waals surface area contributed by atoms with Gasteiger partial charge in [-0.2, -0.15) is 0 Å². The van der Waals surface area contributed by atoms with Crippen LogP contribution in [-0.4, -0.2) is 57.7 Å². The summed E-state index contributed by atoms with van der Waals surface area (Å²) in [5, 5.41) is 38.7. The Morgan fingerprint density at radius 3 is 2.30 bits per heavy atom. The maximum Gasteiger partial charge on any atom is 0.187 e. The molecule has 2 rings (SSSR count). The zero-order valence-corrected chi connectivity index (χ0v) is 11.3. The summed E-state index contributed by atoms with van der Waals surface area (Å²) in [7, 11) is 0. The van der Waals surface area contributed by atoms with Gasteiger partial charge in [-0.1, -0.05) is 23.7 Å². The number of rotatable bonds is 4. The predicted octanol–water partition coefficient (Wildman–Crippen LogP) is -0.343. The van der Waals surface area contributed by atoms with Crippen LogP contribution in [0.4, 0.5) is 0 Å². The molecular formula is C13H17ClO6. The molecule has 0 amide bonds. The number of aliphatic hydroxyl groups excluding tert-OH is 4. The van der Waals surface area contributed by atoms with E-state index in [0.717, 1.165) is 5.56 Å². The summed E-state index contributed by atoms with van der Waals surface area (Å²) in [5.41, 5.74) is 0.811. The van der Waals surface area contributed by atoms with Crippen LogP contribution < -0.4 is 0 Å². The number of hydrogen-bond donors (Lipinski definition) is 4. The lowest BCUT2D eigenvalue weighted by Gasteiger charge is -2.39. The van der Waals surface area contributed by atoms with E-state index >= 15 is 0 Å². The minimum atomic E-state index is -1.43. The molecule has 0 spiro atoms. The van der Waals surface area contributed by atoms with Gasteiger partial charge in [-0.05, 0) is 17.7 Å². The van der Waals surface area contributed by atoms with E-state index in [1.165, 1.54) is 0 Å². The maximum absolute atomic E-state index is 9.78. The lowest BCUT2D eigenvalue weighted by molar-refractivity contribution is -0.304. The minimum absolute atomic E-state index is 0.139. The van der Waals surface area contributed by atoms with Gasteiger partial charge in [-0.3, -0.25) is 0 Å². The molecule has 112 valence electrons. The summed E-state index contributed by atoms with van der Waals surface area (Å²) < 4.78 is 10.6. The third-order valence-electron chi connectivity index (χ3n) is 3.18. The van der Waals surface area contributed by atoms with Crippen molar-refractivity contribution in [3.63, 3.8) is 0 Å². The smallest absolute Gasteiger partial charge is 0.187 e. The fraction of sp³-hybridized carbons (Fsp3) is 0.538. The lowest BCUT2D eigenvalue weighted by Crippen LogP contribution is -2.59. The number of hydrogen-bond acceptors (Lipinski definition) is 6. The molecule has 20 heavy (non-hydrogen) atoms. The molecule has 7 heteroatoms. The molecular weight excluding hydrogens is 288 g/mol. The van der Waals surface area contributed by atoms with Crippen molar-refractivity contribution in [1.82, 2.24) is 0 Å². The molecule has 0 aromatic heterocycles. The van der Waals surface area contributed by atoms with Crippen molar-refractivity contribution >= 4 is 11.6 Å². The first-order valence-electron chi connectivity index (χ1n) is 6.19. The van der Waals surface area contributed by atoms with E-state index in [1.807, 2.05) is 0 Å². The highest BCUT2D eigenvalue weighted by atomic mass is 35.5. The van der Waals surface area contributed by atoms with E-state index in [1.54, 1.807) is 24.3 Å². The molecule has 5 atom stereocenters. The lowest BCUT2D eigenvalue weighted by atomic mass is 9.99. The largest absolute Gasteiger partial charge is 0.394 e. The average Bonchev–Trinajstić information content (AvgIpc) is 2.46. The molecule has 1 aliphatic heterocycles. The van der Waals surface area contributed by atoms with Crippen LogP contribution in [0.5, 0.6) is 0 Å². The molecule has 0 saturated carbocycles. The number of ether oxygens (including phenoxy) is 2. The average molecular weight is 305 g/mol. The van der Waals surface area contributed by atoms with Crippen LogP contribution in [0.1, 0.15) is 5.56 Å². The molecule has 4 N–H and O–H groups in total. The highest BCUT2D eigenvalue weighted by Gasteiger charge is 2.43. The standard InChI is InChI=1S/C13H17ClO6/c14-8-3-1-7(2-4-8)6-19-13-12(18)11(17)10(16)9(5-15)20-13/h1-4,9-13,15-18H,5-6H2/t9-,10-,11+,12-,13-/m1/s1. The molecule has 6 nitrogen and oxygen atoms in total. The van der Waals surface area contributed by atoms with Gasteiger partial charge in [0.25, 0.3) is 0 Å². The van der Waals surface area contributed by atoms with Gasteiger partial charge in [0.15, 0.2) is 6.29 Å². The summed E-state index contributed by atoms with van der Waals surface area (Å²) in [6.45, 7) is -0.342. The van der Waals surface area contributed by atoms with E-state index in [0.29, 0.717) is 5.02 Å². The summed E-state index contributed by atoms with van der Waals surface area (Å²) in [5.74, 6) is 0. The Morgan fingerprint density at radius 2 is 1.70 bits per heavy atom. The Hall–Kier alpha value is -0.730. The summed E-state index contributed by atoms with van der Waals surface area (Å²) in [4.78, 5) is 0. The minimum Gasteiger partial charge on any atom is -0.394 e. The van der Waals surface area contributed by atoms with Gasteiger partial charge < -0.3 is 29.9 Å². The third kappa shape index (κ3) is 3.48. The maximum atomic E-state index is 9.78. The monoisotopic (exact) mass is 304 g/mol. The first-order valence-corrected chi connectivity index (χ1v) is 6.57. The molecule has 1 fully saturated rings. The first-order chi connectivity index (χ1) is 9.52. The van der Waals surface area contributed by atoms with Gasteiger partial charge in [0.2, 0.25) is 0 Å². The van der Waals surface area contributed by atoms with E-state index in [4.69, 9.17) is 26.2 Å². The van der Waals surface area contributed by atoms with Gasteiger partial charge in [0.1, 0.15) is 24.4 Å². The van der Waals surface area contributed by atoms with Crippen molar-refractivity contribution in [3.05, 3.63) is 34.9 Å². The van der Waals surface area contributed by atoms with Crippen molar-refractivity contribution < 1.29 is 29.9 Å². The second-order valence-corrected chi connectivity index (χ2v) is 5.07. The molecule has 1 aromatic carbocycles. The summed E-state index contributed by atoms with van der Waals surface area (Å²) in [6.07, 6.45) is -6.30. The quantitative estimate of drug-likeness (QED) is 0.607. The molecule has 0 unspecified atom stereocenters. The van der Waals surface area contributed by atoms with E-state index in [9.17, 15) is 15.3 Å². The van der Waals surface area contributed by atoms with Gasteiger partial charge in [-0.15, -0.1) is 0 Å². The number of benzene rings is 1. The van der Waals surface area contributed by atoms with Crippen LogP contribution in [0.2, 0.25) is 5.02 Å². The fourth-order valence-corrected chi connectivity index (χ4v) is 2.09. The Labute approximate surface area is 121 Å². The van der Waals surface area contributed by atoms with Crippen molar-refractivity contribution in [1.29, 1.82) is 0 Å². The number of halogens is 1. The molecule has 1 heterocycles. The summed E-state index contributed by atoms with van der Waals surface area (Å²) >= 11 is 5.76. The highest BCUT2D eigenvalue weighted by Crippen LogP contribution is 2.23. The first kappa shape index (κ1) is 15.7. The molecule has 0 aliphatic carbocycles. The van der Waals surface area contributed by atoms with Gasteiger partial charge in [0, 0.05) is 5.02 Å². The second kappa shape index (κ2) is 6.82. The molecule has 0 bridgehead atoms. The Morgan fingerprint density at radius 1 is 1.05 bits per heavy atom. The normalized spacial score (nSPS) is 34.1. The van der Waals surface area contributed by atoms with E-state index < -0.39 is 37.3 Å². The zero-order valence-electron chi connectivity index (χ0n) is 10.6. The van der Waals surface area contributed by atoms with Crippen molar-refractivity contribution in [3.8, 4) is 0 Å². The van der Waals surface area contributed by atoms with Crippen LogP contribution in [-0.2, 0) is 16.1 Å². The second-order valence-electron chi connectivity index (χ2n) is 4.63. The van der Waals surface area contributed by atoms with E-state index in [2.05, 4.69) is 0 Å². The zero-order chi connectivity index (χ0) is 14.7. The Bertz CT molecular complexity index is 423. The van der Waals surface area contributed by atoms with Gasteiger partial charge >= 0.3 is 0 Å². The molecule has 0 radical (unpaired) electrons. The van der Waals surface area contributed by atoms with Crippen LogP contribution >= 0.6 is 11.6 Å². The molecule has 1 aliphatic rings. The van der Waals surface area contributed by atoms with Gasteiger partial charge in [-0.25, -0.2) is 0 Å². The van der Waals surface area contributed by atoms with Crippen LogP contribution in [0, 0.1) is 0 Å². The third-order valence-corrected chi connectivity index (χ3v) is 3.43. The molecule has 1 saturated heterocycles. The van der Waals surface area contributed by atoms with E-state index in [-0.39, 0.29) is 6.61 Å². The van der Waals surface area contributed by atoms with Crippen LogP contribution in [0.15, 0.2) is 24.3 Å². The Balaban J connectivity index is 1.95. The fourth-order valence-electron chi connectivity index (χ4n) is 1.96. The topological polar surface area (TPSA) is 99.4 Å². The summed E-state index contributed by atoms with van der Waals surface area (Å²) in [6, 6.07) is 6.92. The molecule has 1 aromatic rings. The highest BCUT2D eigenvalue weighted by molar-refractivity contribution is 6.30. The Kier molecular flexibility index (Phi) is 5.34. The van der Waals surface area contributed by atoms with Crippen LogP contribution in [0.3, 0.4) is 0 Å². The van der Waals surface area contributed by atoms with Crippen molar-refractivity contribution in [2.75, 3.05) is 6.61 Å². The number of aliphatic hydroxyl groups is 4. The SMILES string of the molecule is OC[C@H]1O[C@@H](OCc2ccc(Cl)cc2)[C@H](O)[C@@H](O)[C@@H]1O. The van der Waals surface area contributed by atoms with Crippen LogP contribution in [0.25, 0.3) is 0 Å².